The molecule has 4 nitrogen and oxygen atoms in total. The number of aromatic nitrogens is 3. The Morgan fingerprint density at radius 3 is 2.18 bits per heavy atom. The summed E-state index contributed by atoms with van der Waals surface area (Å²) in [5.41, 5.74) is 5.81. The number of hydrogen-bond acceptors (Lipinski definition) is 3. The largest absolute Gasteiger partial charge is 0.243 e. The Balaban J connectivity index is 1.73. The number of rotatable bonds is 3. The van der Waals surface area contributed by atoms with E-state index in [2.05, 4.69) is 5.10 Å². The van der Waals surface area contributed by atoms with Crippen molar-refractivity contribution in [1.82, 2.24) is 14.6 Å². The summed E-state index contributed by atoms with van der Waals surface area (Å²) in [7, 11) is 0. The highest BCUT2D eigenvalue weighted by Gasteiger charge is 2.13. The van der Waals surface area contributed by atoms with Crippen LogP contribution >= 0.6 is 0 Å². The number of para-hydroxylation sites is 2. The van der Waals surface area contributed by atoms with Crippen LogP contribution in [0.4, 0.5) is 4.39 Å². The van der Waals surface area contributed by atoms with E-state index in [1.165, 1.54) is 12.1 Å². The van der Waals surface area contributed by atoms with Gasteiger partial charge in [0.05, 0.1) is 22.9 Å². The summed E-state index contributed by atoms with van der Waals surface area (Å²) in [6, 6.07) is 26.0. The van der Waals surface area contributed by atoms with Gasteiger partial charge >= 0.3 is 0 Å². The van der Waals surface area contributed by atoms with Crippen LogP contribution in [0.15, 0.2) is 90.0 Å². The van der Waals surface area contributed by atoms with Gasteiger partial charge < -0.3 is 0 Å². The number of nitrogens with zero attached hydrogens (tertiary/aromatic N) is 4. The lowest BCUT2D eigenvalue weighted by atomic mass is 10.1. The minimum atomic E-state index is -0.272. The van der Waals surface area contributed by atoms with E-state index in [9.17, 15) is 4.39 Å². The maximum absolute atomic E-state index is 13.2. The summed E-state index contributed by atoms with van der Waals surface area (Å²) in [6.45, 7) is 0. The minimum Gasteiger partial charge on any atom is -0.243 e. The Bertz CT molecular complexity index is 1310. The second kappa shape index (κ2) is 6.70. The van der Waals surface area contributed by atoms with Crippen molar-refractivity contribution in [1.29, 1.82) is 0 Å². The van der Waals surface area contributed by atoms with E-state index in [0.717, 1.165) is 33.4 Å². The highest BCUT2D eigenvalue weighted by molar-refractivity contribution is 5.89. The predicted octanol–water partition coefficient (Wildman–Crippen LogP) is 5.27. The molecule has 2 heterocycles. The van der Waals surface area contributed by atoms with E-state index >= 15 is 0 Å². The third-order valence-electron chi connectivity index (χ3n) is 4.54. The first-order valence-electron chi connectivity index (χ1n) is 8.91. The first kappa shape index (κ1) is 16.3. The van der Waals surface area contributed by atoms with Crippen LogP contribution in [0.2, 0.25) is 0 Å². The van der Waals surface area contributed by atoms with Gasteiger partial charge in [-0.25, -0.2) is 19.0 Å². The van der Waals surface area contributed by atoms with Crippen molar-refractivity contribution in [2.45, 2.75) is 0 Å². The molecule has 0 spiro atoms. The van der Waals surface area contributed by atoms with Gasteiger partial charge in [-0.05, 0) is 35.9 Å². The van der Waals surface area contributed by atoms with Crippen LogP contribution in [0.3, 0.4) is 0 Å². The van der Waals surface area contributed by atoms with Gasteiger partial charge in [-0.2, -0.15) is 5.10 Å². The van der Waals surface area contributed by atoms with Crippen LogP contribution in [0.25, 0.3) is 33.5 Å². The maximum Gasteiger partial charge on any atom is 0.180 e. The third-order valence-corrected chi connectivity index (χ3v) is 4.54. The van der Waals surface area contributed by atoms with E-state index in [0.29, 0.717) is 5.65 Å². The molecule has 0 amide bonds. The number of hydrogen-bond donors (Lipinski definition) is 0. The quantitative estimate of drug-likeness (QED) is 0.408. The molecule has 134 valence electrons. The maximum atomic E-state index is 13.2. The third kappa shape index (κ3) is 2.93. The molecule has 5 aromatic rings. The number of fused-ring (bicyclic) bond motifs is 2. The van der Waals surface area contributed by atoms with Gasteiger partial charge in [0.1, 0.15) is 11.3 Å². The molecular weight excluding hydrogens is 351 g/mol. The molecular formula is C23H15FN4. The average molecular weight is 366 g/mol. The smallest absolute Gasteiger partial charge is 0.180 e. The van der Waals surface area contributed by atoms with Crippen molar-refractivity contribution in [2.75, 3.05) is 0 Å². The molecule has 0 aliphatic carbocycles. The van der Waals surface area contributed by atoms with Crippen molar-refractivity contribution in [3.63, 3.8) is 0 Å². The van der Waals surface area contributed by atoms with E-state index in [1.54, 1.807) is 23.0 Å². The van der Waals surface area contributed by atoms with E-state index in [4.69, 9.17) is 9.97 Å². The normalized spacial score (nSPS) is 11.6. The molecule has 2 aromatic heterocycles. The highest BCUT2D eigenvalue weighted by Crippen LogP contribution is 2.27. The lowest BCUT2D eigenvalue weighted by Gasteiger charge is -2.05. The molecule has 0 aliphatic rings. The molecule has 5 rings (SSSR count). The molecule has 0 fully saturated rings. The van der Waals surface area contributed by atoms with Crippen LogP contribution in [-0.4, -0.2) is 20.9 Å². The fourth-order valence-corrected chi connectivity index (χ4v) is 3.17. The Hall–Kier alpha value is -3.86. The molecule has 0 aliphatic heterocycles. The Labute approximate surface area is 160 Å². The Morgan fingerprint density at radius 1 is 0.750 bits per heavy atom. The van der Waals surface area contributed by atoms with Crippen LogP contribution in [0.1, 0.15) is 5.56 Å². The lowest BCUT2D eigenvalue weighted by Crippen LogP contribution is -1.96. The standard InChI is InChI=1S/C23H15FN4/c24-18-12-10-16(11-13-18)15-25-28-22(17-6-2-1-3-7-17)14-21-23(28)27-20-9-5-4-8-19(20)26-21/h1-15H/b25-15+. The molecule has 0 bridgehead atoms. The molecule has 5 heteroatoms. The first-order valence-corrected chi connectivity index (χ1v) is 8.91. The van der Waals surface area contributed by atoms with Gasteiger partial charge in [-0.15, -0.1) is 0 Å². The van der Waals surface area contributed by atoms with Crippen LogP contribution in [0.5, 0.6) is 0 Å². The zero-order valence-electron chi connectivity index (χ0n) is 14.8. The van der Waals surface area contributed by atoms with Gasteiger partial charge in [0.2, 0.25) is 0 Å². The van der Waals surface area contributed by atoms with E-state index in [-0.39, 0.29) is 5.82 Å². The van der Waals surface area contributed by atoms with Crippen LogP contribution in [-0.2, 0) is 0 Å². The average Bonchev–Trinajstić information content (AvgIpc) is 3.09. The lowest BCUT2D eigenvalue weighted by molar-refractivity contribution is 0.628. The van der Waals surface area contributed by atoms with Gasteiger partial charge in [-0.3, -0.25) is 0 Å². The van der Waals surface area contributed by atoms with Crippen LogP contribution in [0, 0.1) is 5.82 Å². The molecule has 0 saturated heterocycles. The molecule has 3 aromatic carbocycles. The highest BCUT2D eigenvalue weighted by atomic mass is 19.1. The number of benzene rings is 3. The van der Waals surface area contributed by atoms with E-state index in [1.807, 2.05) is 60.7 Å². The molecule has 28 heavy (non-hydrogen) atoms. The van der Waals surface area contributed by atoms with Crippen molar-refractivity contribution in [2.24, 2.45) is 5.10 Å². The van der Waals surface area contributed by atoms with Gasteiger partial charge in [0, 0.05) is 5.56 Å². The summed E-state index contributed by atoms with van der Waals surface area (Å²) < 4.78 is 15.0. The van der Waals surface area contributed by atoms with Gasteiger partial charge in [0.25, 0.3) is 0 Å². The fraction of sp³-hybridized carbons (Fsp3) is 0. The molecule has 0 atom stereocenters. The summed E-state index contributed by atoms with van der Waals surface area (Å²) >= 11 is 0. The molecule has 0 saturated carbocycles. The molecule has 0 unspecified atom stereocenters. The zero-order valence-corrected chi connectivity index (χ0v) is 14.8. The molecule has 0 N–H and O–H groups in total. The summed E-state index contributed by atoms with van der Waals surface area (Å²) in [5.74, 6) is -0.272. The van der Waals surface area contributed by atoms with Crippen molar-refractivity contribution >= 4 is 28.4 Å². The van der Waals surface area contributed by atoms with Crippen molar-refractivity contribution in [3.05, 3.63) is 96.3 Å². The summed E-state index contributed by atoms with van der Waals surface area (Å²) in [5, 5.41) is 4.64. The number of halogens is 1. The van der Waals surface area contributed by atoms with Crippen molar-refractivity contribution in [3.8, 4) is 11.3 Å². The zero-order chi connectivity index (χ0) is 18.9. The fourth-order valence-electron chi connectivity index (χ4n) is 3.17. The second-order valence-corrected chi connectivity index (χ2v) is 6.42. The van der Waals surface area contributed by atoms with Crippen LogP contribution < -0.4 is 0 Å². The predicted molar refractivity (Wildman–Crippen MR) is 110 cm³/mol. The second-order valence-electron chi connectivity index (χ2n) is 6.42. The summed E-state index contributed by atoms with van der Waals surface area (Å²) in [4.78, 5) is 9.52. The Kier molecular flexibility index (Phi) is 3.91. The van der Waals surface area contributed by atoms with Crippen molar-refractivity contribution < 1.29 is 4.39 Å². The Morgan fingerprint density at radius 2 is 1.43 bits per heavy atom. The SMILES string of the molecule is Fc1ccc(/C=N/n2c(-c3ccccc3)cc3nc4ccccc4nc32)cc1. The van der Waals surface area contributed by atoms with Gasteiger partial charge in [-0.1, -0.05) is 54.6 Å². The summed E-state index contributed by atoms with van der Waals surface area (Å²) in [6.07, 6.45) is 1.70. The molecule has 0 radical (unpaired) electrons. The minimum absolute atomic E-state index is 0.272. The first-order chi connectivity index (χ1) is 13.8. The monoisotopic (exact) mass is 366 g/mol. The topological polar surface area (TPSA) is 43.1 Å². The van der Waals surface area contributed by atoms with Gasteiger partial charge in [0.15, 0.2) is 5.65 Å². The van der Waals surface area contributed by atoms with E-state index < -0.39 is 0 Å².